The molecule has 0 N–H and O–H groups in total. The highest BCUT2D eigenvalue weighted by atomic mass is 35.5. The van der Waals surface area contributed by atoms with Gasteiger partial charge >= 0.3 is 0 Å². The van der Waals surface area contributed by atoms with Crippen LogP contribution in [0.25, 0.3) is 0 Å². The molecule has 138 valence electrons. The molecule has 0 atom stereocenters. The molecule has 0 spiro atoms. The number of unbranched alkanes of at least 4 members (excludes halogenated alkanes) is 1. The molecule has 0 radical (unpaired) electrons. The van der Waals surface area contributed by atoms with Crippen LogP contribution in [-0.2, 0) is 10.0 Å². The van der Waals surface area contributed by atoms with Gasteiger partial charge in [-0.2, -0.15) is 0 Å². The largest absolute Gasteiger partial charge is 0.492 e. The maximum absolute atomic E-state index is 13.2. The second-order valence-electron chi connectivity index (χ2n) is 5.94. The Morgan fingerprint density at radius 2 is 1.96 bits per heavy atom. The molecule has 1 aliphatic rings. The van der Waals surface area contributed by atoms with E-state index in [-0.39, 0.29) is 4.90 Å². The maximum Gasteiger partial charge on any atom is 0.265 e. The molecule has 2 aromatic carbocycles. The molecule has 0 saturated carbocycles. The van der Waals surface area contributed by atoms with Crippen molar-refractivity contribution >= 4 is 27.5 Å². The molecule has 0 fully saturated rings. The summed E-state index contributed by atoms with van der Waals surface area (Å²) in [4.78, 5) is 4.54. The van der Waals surface area contributed by atoms with Crippen molar-refractivity contribution in [2.24, 2.45) is 4.99 Å². The maximum atomic E-state index is 13.2. The average molecular weight is 393 g/mol. The van der Waals surface area contributed by atoms with Crippen molar-refractivity contribution in [3.63, 3.8) is 0 Å². The van der Waals surface area contributed by atoms with E-state index in [0.717, 1.165) is 18.4 Å². The zero-order valence-corrected chi connectivity index (χ0v) is 16.1. The van der Waals surface area contributed by atoms with E-state index in [2.05, 4.69) is 11.9 Å². The lowest BCUT2D eigenvalue weighted by Crippen LogP contribution is -2.34. The standard InChI is InChI=1S/C19H21ClN2O3S/c1-2-3-13-25-18-14-16(9-10-17(18)20)26(23,24)22-12-11-21-19(22)15-7-5-4-6-8-15/h4-10,14H,2-3,11-13H2,1H3. The molecule has 0 saturated heterocycles. The first-order valence-corrected chi connectivity index (χ1v) is 10.4. The Bertz CT molecular complexity index is 898. The van der Waals surface area contributed by atoms with Crippen LogP contribution in [-0.4, -0.2) is 38.3 Å². The van der Waals surface area contributed by atoms with Crippen molar-refractivity contribution in [1.82, 2.24) is 4.31 Å². The van der Waals surface area contributed by atoms with Gasteiger partial charge in [-0.25, -0.2) is 12.7 Å². The topological polar surface area (TPSA) is 59.0 Å². The first-order chi connectivity index (χ1) is 12.5. The van der Waals surface area contributed by atoms with Gasteiger partial charge in [-0.3, -0.25) is 4.99 Å². The minimum atomic E-state index is -3.74. The Kier molecular flexibility index (Phi) is 5.84. The number of aliphatic imine (C=N–C) groups is 1. The lowest BCUT2D eigenvalue weighted by atomic mass is 10.2. The van der Waals surface area contributed by atoms with Crippen molar-refractivity contribution in [3.05, 3.63) is 59.1 Å². The van der Waals surface area contributed by atoms with Gasteiger partial charge in [0.25, 0.3) is 10.0 Å². The van der Waals surface area contributed by atoms with Gasteiger partial charge in [-0.15, -0.1) is 0 Å². The average Bonchev–Trinajstić information content (AvgIpc) is 3.15. The molecule has 0 aliphatic carbocycles. The lowest BCUT2D eigenvalue weighted by molar-refractivity contribution is 0.308. The van der Waals surface area contributed by atoms with E-state index in [1.165, 1.54) is 16.4 Å². The van der Waals surface area contributed by atoms with Gasteiger partial charge < -0.3 is 4.74 Å². The van der Waals surface area contributed by atoms with Crippen molar-refractivity contribution < 1.29 is 13.2 Å². The molecule has 7 heteroatoms. The Hall–Kier alpha value is -2.05. The highest BCUT2D eigenvalue weighted by Gasteiger charge is 2.31. The van der Waals surface area contributed by atoms with Crippen LogP contribution in [0.2, 0.25) is 5.02 Å². The normalized spacial score (nSPS) is 14.4. The highest BCUT2D eigenvalue weighted by Crippen LogP contribution is 2.30. The molecule has 1 heterocycles. The Balaban J connectivity index is 1.90. The third kappa shape index (κ3) is 3.86. The number of halogens is 1. The number of benzene rings is 2. The number of hydrogen-bond donors (Lipinski definition) is 0. The lowest BCUT2D eigenvalue weighted by Gasteiger charge is -2.21. The van der Waals surface area contributed by atoms with Crippen LogP contribution in [0.1, 0.15) is 25.3 Å². The van der Waals surface area contributed by atoms with Gasteiger partial charge in [-0.1, -0.05) is 55.3 Å². The van der Waals surface area contributed by atoms with E-state index >= 15 is 0 Å². The van der Waals surface area contributed by atoms with Crippen LogP contribution in [0.4, 0.5) is 0 Å². The van der Waals surface area contributed by atoms with Crippen LogP contribution in [0.5, 0.6) is 5.75 Å². The Morgan fingerprint density at radius 1 is 1.19 bits per heavy atom. The molecule has 3 rings (SSSR count). The number of hydrogen-bond acceptors (Lipinski definition) is 4. The van der Waals surface area contributed by atoms with Crippen molar-refractivity contribution in [3.8, 4) is 5.75 Å². The van der Waals surface area contributed by atoms with E-state index in [0.29, 0.717) is 36.3 Å². The second-order valence-corrected chi connectivity index (χ2v) is 8.21. The van der Waals surface area contributed by atoms with Crippen LogP contribution < -0.4 is 4.74 Å². The number of amidine groups is 1. The summed E-state index contributed by atoms with van der Waals surface area (Å²) in [5.41, 5.74) is 0.780. The summed E-state index contributed by atoms with van der Waals surface area (Å²) >= 11 is 6.15. The van der Waals surface area contributed by atoms with Crippen LogP contribution in [0.15, 0.2) is 58.4 Å². The monoisotopic (exact) mass is 392 g/mol. The van der Waals surface area contributed by atoms with E-state index in [1.807, 2.05) is 30.3 Å². The molecule has 0 bridgehead atoms. The predicted octanol–water partition coefficient (Wildman–Crippen LogP) is 3.97. The van der Waals surface area contributed by atoms with Crippen molar-refractivity contribution in [1.29, 1.82) is 0 Å². The first kappa shape index (κ1) is 18.7. The molecule has 2 aromatic rings. The Morgan fingerprint density at radius 3 is 2.69 bits per heavy atom. The van der Waals surface area contributed by atoms with Crippen LogP contribution in [0, 0.1) is 0 Å². The predicted molar refractivity (Wildman–Crippen MR) is 104 cm³/mol. The SMILES string of the molecule is CCCCOc1cc(S(=O)(=O)N2CCN=C2c2ccccc2)ccc1Cl. The van der Waals surface area contributed by atoms with Gasteiger partial charge in [0.1, 0.15) is 11.6 Å². The fourth-order valence-corrected chi connectivity index (χ4v) is 4.33. The summed E-state index contributed by atoms with van der Waals surface area (Å²) in [6.07, 6.45) is 1.87. The van der Waals surface area contributed by atoms with Crippen molar-refractivity contribution in [2.75, 3.05) is 19.7 Å². The van der Waals surface area contributed by atoms with Crippen molar-refractivity contribution in [2.45, 2.75) is 24.7 Å². The summed E-state index contributed by atoms with van der Waals surface area (Å²) in [6.45, 7) is 3.32. The molecule has 26 heavy (non-hydrogen) atoms. The minimum absolute atomic E-state index is 0.152. The van der Waals surface area contributed by atoms with Crippen LogP contribution in [0.3, 0.4) is 0 Å². The Labute approximate surface area is 159 Å². The molecule has 0 amide bonds. The second kappa shape index (κ2) is 8.10. The van der Waals surface area contributed by atoms with Gasteiger partial charge in [-0.05, 0) is 18.6 Å². The summed E-state index contributed by atoms with van der Waals surface area (Å²) < 4.78 is 33.3. The first-order valence-electron chi connectivity index (χ1n) is 8.59. The zero-order chi connectivity index (χ0) is 18.6. The fourth-order valence-electron chi connectivity index (χ4n) is 2.70. The summed E-state index contributed by atoms with van der Waals surface area (Å²) in [6, 6.07) is 13.9. The molecule has 1 aliphatic heterocycles. The van der Waals surface area contributed by atoms with Gasteiger partial charge in [0, 0.05) is 11.6 Å². The fraction of sp³-hybridized carbons (Fsp3) is 0.316. The van der Waals surface area contributed by atoms with Gasteiger partial charge in [0.15, 0.2) is 0 Å². The summed E-state index contributed by atoms with van der Waals surface area (Å²) in [5, 5.41) is 0.401. The number of rotatable bonds is 7. The number of sulfonamides is 1. The molecular formula is C19H21ClN2O3S. The smallest absolute Gasteiger partial charge is 0.265 e. The van der Waals surface area contributed by atoms with Gasteiger partial charge in [0.2, 0.25) is 0 Å². The van der Waals surface area contributed by atoms with Crippen LogP contribution >= 0.6 is 11.6 Å². The number of ether oxygens (including phenoxy) is 1. The van der Waals surface area contributed by atoms with E-state index < -0.39 is 10.0 Å². The zero-order valence-electron chi connectivity index (χ0n) is 14.6. The third-order valence-electron chi connectivity index (χ3n) is 4.08. The van der Waals surface area contributed by atoms with E-state index in [9.17, 15) is 8.42 Å². The highest BCUT2D eigenvalue weighted by molar-refractivity contribution is 7.89. The quantitative estimate of drug-likeness (QED) is 0.670. The molecular weight excluding hydrogens is 372 g/mol. The van der Waals surface area contributed by atoms with E-state index in [4.69, 9.17) is 16.3 Å². The number of nitrogens with zero attached hydrogens (tertiary/aromatic N) is 2. The summed E-state index contributed by atoms with van der Waals surface area (Å²) in [7, 11) is -3.74. The molecule has 0 unspecified atom stereocenters. The van der Waals surface area contributed by atoms with Gasteiger partial charge in [0.05, 0.1) is 29.6 Å². The third-order valence-corrected chi connectivity index (χ3v) is 6.18. The molecule has 5 nitrogen and oxygen atoms in total. The molecule has 0 aromatic heterocycles. The summed E-state index contributed by atoms with van der Waals surface area (Å²) in [5.74, 6) is 0.854. The van der Waals surface area contributed by atoms with E-state index in [1.54, 1.807) is 6.07 Å². The minimum Gasteiger partial charge on any atom is -0.492 e.